The average Bonchev–Trinajstić information content (AvgIpc) is 2.39. The Morgan fingerprint density at radius 2 is 1.88 bits per heavy atom. The fourth-order valence-corrected chi connectivity index (χ4v) is 1.50. The van der Waals surface area contributed by atoms with Crippen LogP contribution in [0.25, 0.3) is 0 Å². The van der Waals surface area contributed by atoms with Gasteiger partial charge in [-0.05, 0) is 29.8 Å². The van der Waals surface area contributed by atoms with Gasteiger partial charge in [0.1, 0.15) is 12.4 Å². The molecule has 0 saturated heterocycles. The van der Waals surface area contributed by atoms with Gasteiger partial charge in [-0.3, -0.25) is 4.79 Å². The number of anilines is 1. The Bertz CT molecular complexity index is 483. The largest absolute Gasteiger partial charge is 0.489 e. The number of nitrogens with one attached hydrogen (secondary N) is 1. The van der Waals surface area contributed by atoms with Crippen molar-refractivity contribution in [1.82, 2.24) is 0 Å². The Labute approximate surface area is 100 Å². The summed E-state index contributed by atoms with van der Waals surface area (Å²) in [5.74, 6) is 0.834. The minimum Gasteiger partial charge on any atom is -0.489 e. The highest BCUT2D eigenvalue weighted by Gasteiger charge is 1.97. The van der Waals surface area contributed by atoms with Gasteiger partial charge in [-0.25, -0.2) is 0 Å². The van der Waals surface area contributed by atoms with E-state index in [2.05, 4.69) is 5.32 Å². The maximum Gasteiger partial charge on any atom is 0.211 e. The van der Waals surface area contributed by atoms with E-state index in [9.17, 15) is 4.79 Å². The van der Waals surface area contributed by atoms with Gasteiger partial charge in [0, 0.05) is 5.69 Å². The van der Waals surface area contributed by atoms with Crippen LogP contribution in [-0.4, -0.2) is 6.41 Å². The number of benzene rings is 2. The van der Waals surface area contributed by atoms with Gasteiger partial charge in [0.05, 0.1) is 0 Å². The van der Waals surface area contributed by atoms with Gasteiger partial charge < -0.3 is 10.1 Å². The summed E-state index contributed by atoms with van der Waals surface area (Å²) in [7, 11) is 0. The van der Waals surface area contributed by atoms with Crippen molar-refractivity contribution >= 4 is 12.1 Å². The van der Waals surface area contributed by atoms with Crippen molar-refractivity contribution in [3.63, 3.8) is 0 Å². The number of hydrogen-bond acceptors (Lipinski definition) is 2. The number of rotatable bonds is 5. The molecule has 0 aliphatic rings. The van der Waals surface area contributed by atoms with E-state index >= 15 is 0 Å². The molecule has 0 bridgehead atoms. The summed E-state index contributed by atoms with van der Waals surface area (Å²) in [4.78, 5) is 10.3. The highest BCUT2D eigenvalue weighted by molar-refractivity contribution is 5.71. The third-order valence-electron chi connectivity index (χ3n) is 2.30. The van der Waals surface area contributed by atoms with E-state index in [1.165, 1.54) is 0 Å². The first-order valence-corrected chi connectivity index (χ1v) is 5.35. The van der Waals surface area contributed by atoms with E-state index < -0.39 is 0 Å². The van der Waals surface area contributed by atoms with E-state index in [0.717, 1.165) is 17.0 Å². The summed E-state index contributed by atoms with van der Waals surface area (Å²) >= 11 is 0. The molecule has 3 heteroatoms. The van der Waals surface area contributed by atoms with Crippen molar-refractivity contribution in [2.24, 2.45) is 0 Å². The summed E-state index contributed by atoms with van der Waals surface area (Å²) in [6.07, 6.45) is 0.664. The molecule has 0 aliphatic heterocycles. The van der Waals surface area contributed by atoms with Crippen molar-refractivity contribution in [3.05, 3.63) is 60.2 Å². The predicted octanol–water partition coefficient (Wildman–Crippen LogP) is 2.83. The monoisotopic (exact) mass is 227 g/mol. The Balaban J connectivity index is 1.99. The van der Waals surface area contributed by atoms with Crippen LogP contribution in [0.4, 0.5) is 5.69 Å². The standard InChI is InChI=1S/C14H13NO2/c16-11-15-13-6-4-5-12(9-13)10-17-14-7-2-1-3-8-14/h1-9,11H,10H2,(H,15,16). The number of carbonyl (C=O) groups excluding carboxylic acids is 1. The predicted molar refractivity (Wildman–Crippen MR) is 66.9 cm³/mol. The van der Waals surface area contributed by atoms with E-state index in [1.54, 1.807) is 0 Å². The summed E-state index contributed by atoms with van der Waals surface area (Å²) < 4.78 is 5.61. The molecule has 0 spiro atoms. The van der Waals surface area contributed by atoms with Crippen LogP contribution in [-0.2, 0) is 11.4 Å². The quantitative estimate of drug-likeness (QED) is 0.797. The maximum atomic E-state index is 10.3. The normalized spacial score (nSPS) is 9.65. The molecule has 1 N–H and O–H groups in total. The Morgan fingerprint density at radius 3 is 2.65 bits per heavy atom. The zero-order chi connectivity index (χ0) is 11.9. The third kappa shape index (κ3) is 3.34. The Hall–Kier alpha value is -2.29. The molecule has 0 unspecified atom stereocenters. The summed E-state index contributed by atoms with van der Waals surface area (Å²) in [5.41, 5.74) is 1.79. The van der Waals surface area contributed by atoms with Crippen molar-refractivity contribution in [2.45, 2.75) is 6.61 Å². The highest BCUT2D eigenvalue weighted by Crippen LogP contribution is 2.14. The van der Waals surface area contributed by atoms with Crippen molar-refractivity contribution in [2.75, 3.05) is 5.32 Å². The molecule has 0 heterocycles. The number of hydrogen-bond donors (Lipinski definition) is 1. The molecule has 0 aromatic heterocycles. The number of carbonyl (C=O) groups is 1. The summed E-state index contributed by atoms with van der Waals surface area (Å²) in [5, 5.41) is 2.61. The lowest BCUT2D eigenvalue weighted by Crippen LogP contribution is -1.98. The first-order chi connectivity index (χ1) is 8.38. The van der Waals surface area contributed by atoms with Gasteiger partial charge in [-0.2, -0.15) is 0 Å². The average molecular weight is 227 g/mol. The fraction of sp³-hybridized carbons (Fsp3) is 0.0714. The Morgan fingerprint density at radius 1 is 1.06 bits per heavy atom. The highest BCUT2D eigenvalue weighted by atomic mass is 16.5. The molecule has 0 radical (unpaired) electrons. The zero-order valence-electron chi connectivity index (χ0n) is 9.30. The van der Waals surface area contributed by atoms with E-state index in [0.29, 0.717) is 13.0 Å². The van der Waals surface area contributed by atoms with Crippen LogP contribution in [0.2, 0.25) is 0 Å². The molecule has 0 saturated carbocycles. The minimum atomic E-state index is 0.485. The second kappa shape index (κ2) is 5.70. The topological polar surface area (TPSA) is 38.3 Å². The summed E-state index contributed by atoms with van der Waals surface area (Å²) in [6.45, 7) is 0.485. The molecule has 2 aromatic carbocycles. The first kappa shape index (κ1) is 11.2. The van der Waals surface area contributed by atoms with E-state index in [1.807, 2.05) is 54.6 Å². The molecule has 0 atom stereocenters. The maximum absolute atomic E-state index is 10.3. The first-order valence-electron chi connectivity index (χ1n) is 5.35. The van der Waals surface area contributed by atoms with Gasteiger partial charge in [0.15, 0.2) is 0 Å². The number of para-hydroxylation sites is 1. The Kier molecular flexibility index (Phi) is 3.76. The lowest BCUT2D eigenvalue weighted by molar-refractivity contribution is -0.105. The van der Waals surface area contributed by atoms with Crippen molar-refractivity contribution in [3.8, 4) is 5.75 Å². The second-order valence-corrected chi connectivity index (χ2v) is 3.56. The minimum absolute atomic E-state index is 0.485. The molecular weight excluding hydrogens is 214 g/mol. The van der Waals surface area contributed by atoms with Gasteiger partial charge in [0.25, 0.3) is 0 Å². The van der Waals surface area contributed by atoms with Crippen LogP contribution in [0.15, 0.2) is 54.6 Å². The van der Waals surface area contributed by atoms with Gasteiger partial charge in [0.2, 0.25) is 6.41 Å². The molecular formula is C14H13NO2. The molecule has 2 rings (SSSR count). The molecule has 0 fully saturated rings. The number of amides is 1. The molecule has 0 aliphatic carbocycles. The van der Waals surface area contributed by atoms with Gasteiger partial charge >= 0.3 is 0 Å². The van der Waals surface area contributed by atoms with Crippen LogP contribution >= 0.6 is 0 Å². The molecule has 1 amide bonds. The van der Waals surface area contributed by atoms with Crippen LogP contribution in [0.5, 0.6) is 5.75 Å². The lowest BCUT2D eigenvalue weighted by Gasteiger charge is -2.07. The summed E-state index contributed by atoms with van der Waals surface area (Å²) in [6, 6.07) is 17.2. The van der Waals surface area contributed by atoms with Crippen LogP contribution in [0.3, 0.4) is 0 Å². The van der Waals surface area contributed by atoms with Crippen LogP contribution in [0, 0.1) is 0 Å². The van der Waals surface area contributed by atoms with Crippen molar-refractivity contribution < 1.29 is 9.53 Å². The smallest absolute Gasteiger partial charge is 0.211 e. The van der Waals surface area contributed by atoms with Crippen molar-refractivity contribution in [1.29, 1.82) is 0 Å². The molecule has 2 aromatic rings. The van der Waals surface area contributed by atoms with Gasteiger partial charge in [-0.15, -0.1) is 0 Å². The molecule has 3 nitrogen and oxygen atoms in total. The fourth-order valence-electron chi connectivity index (χ4n) is 1.50. The molecule has 17 heavy (non-hydrogen) atoms. The third-order valence-corrected chi connectivity index (χ3v) is 2.30. The van der Waals surface area contributed by atoms with E-state index in [4.69, 9.17) is 4.74 Å². The zero-order valence-corrected chi connectivity index (χ0v) is 9.30. The SMILES string of the molecule is O=CNc1cccc(COc2ccccc2)c1. The molecule has 86 valence electrons. The lowest BCUT2D eigenvalue weighted by atomic mass is 10.2. The second-order valence-electron chi connectivity index (χ2n) is 3.56. The van der Waals surface area contributed by atoms with Crippen LogP contribution in [0.1, 0.15) is 5.56 Å². The number of ether oxygens (including phenoxy) is 1. The van der Waals surface area contributed by atoms with Gasteiger partial charge in [-0.1, -0.05) is 30.3 Å². The van der Waals surface area contributed by atoms with E-state index in [-0.39, 0.29) is 0 Å². The van der Waals surface area contributed by atoms with Crippen LogP contribution < -0.4 is 10.1 Å².